The summed E-state index contributed by atoms with van der Waals surface area (Å²) in [5.41, 5.74) is 2.64. The van der Waals surface area contributed by atoms with Crippen molar-refractivity contribution < 1.29 is 9.53 Å². The number of anilines is 1. The number of halogens is 1. The van der Waals surface area contributed by atoms with Crippen LogP contribution in [0.5, 0.6) is 5.75 Å². The zero-order chi connectivity index (χ0) is 22.6. The van der Waals surface area contributed by atoms with Gasteiger partial charge in [-0.15, -0.1) is 11.3 Å². The van der Waals surface area contributed by atoms with Crippen molar-refractivity contribution in [2.24, 2.45) is 0 Å². The van der Waals surface area contributed by atoms with Gasteiger partial charge in [-0.05, 0) is 52.0 Å². The number of carbonyl (C=O) groups excluding carboxylic acids is 1. The zero-order valence-corrected chi connectivity index (χ0v) is 19.1. The molecule has 1 amide bonds. The number of nitrogens with one attached hydrogen (secondary N) is 1. The molecule has 0 atom stereocenters. The fourth-order valence-electron chi connectivity index (χ4n) is 3.52. The highest BCUT2D eigenvalue weighted by Crippen LogP contribution is 2.23. The first-order valence-electron chi connectivity index (χ1n) is 10.4. The highest BCUT2D eigenvalue weighted by molar-refractivity contribution is 7.12. The third kappa shape index (κ3) is 5.25. The number of ether oxygens (including phenoxy) is 1. The fourth-order valence-corrected chi connectivity index (χ4v) is 4.53. The van der Waals surface area contributed by atoms with Gasteiger partial charge in [-0.3, -0.25) is 9.48 Å². The largest absolute Gasteiger partial charge is 0.489 e. The number of hydrogen-bond donors (Lipinski definition) is 1. The van der Waals surface area contributed by atoms with Gasteiger partial charge in [-0.1, -0.05) is 54.1 Å². The SMILES string of the molecule is O=C(Nc1cnn(Cc2cccc(Cl)c2)c1)c1cc(COc2ccc3ccccc3c2)cs1. The van der Waals surface area contributed by atoms with E-state index in [1.807, 2.05) is 66.0 Å². The van der Waals surface area contributed by atoms with Crippen LogP contribution in [0.1, 0.15) is 20.8 Å². The summed E-state index contributed by atoms with van der Waals surface area (Å²) in [6.07, 6.45) is 3.44. The lowest BCUT2D eigenvalue weighted by Crippen LogP contribution is -2.09. The van der Waals surface area contributed by atoms with Gasteiger partial charge in [-0.2, -0.15) is 5.10 Å². The van der Waals surface area contributed by atoms with E-state index in [0.29, 0.717) is 28.7 Å². The van der Waals surface area contributed by atoms with Crippen LogP contribution in [0.15, 0.2) is 90.6 Å². The Kier molecular flexibility index (Phi) is 6.11. The summed E-state index contributed by atoms with van der Waals surface area (Å²) in [5, 5.41) is 12.2. The van der Waals surface area contributed by atoms with Crippen LogP contribution in [0.2, 0.25) is 5.02 Å². The molecule has 164 valence electrons. The van der Waals surface area contributed by atoms with Crippen molar-refractivity contribution in [1.82, 2.24) is 9.78 Å². The first-order valence-corrected chi connectivity index (χ1v) is 11.7. The molecule has 33 heavy (non-hydrogen) atoms. The Morgan fingerprint density at radius 3 is 2.76 bits per heavy atom. The van der Waals surface area contributed by atoms with E-state index in [-0.39, 0.29) is 5.91 Å². The van der Waals surface area contributed by atoms with Gasteiger partial charge in [0.15, 0.2) is 0 Å². The van der Waals surface area contributed by atoms with Crippen molar-refractivity contribution >= 4 is 45.3 Å². The molecule has 2 heterocycles. The van der Waals surface area contributed by atoms with E-state index in [1.54, 1.807) is 17.1 Å². The Morgan fingerprint density at radius 2 is 1.88 bits per heavy atom. The van der Waals surface area contributed by atoms with Gasteiger partial charge in [0.05, 0.1) is 23.3 Å². The molecule has 0 unspecified atom stereocenters. The Bertz CT molecular complexity index is 1430. The Labute approximate surface area is 200 Å². The smallest absolute Gasteiger partial charge is 0.265 e. The van der Waals surface area contributed by atoms with Crippen LogP contribution in [-0.4, -0.2) is 15.7 Å². The first-order chi connectivity index (χ1) is 16.1. The van der Waals surface area contributed by atoms with E-state index in [2.05, 4.69) is 22.5 Å². The van der Waals surface area contributed by atoms with Gasteiger partial charge in [0.25, 0.3) is 5.91 Å². The predicted octanol–water partition coefficient (Wildman–Crippen LogP) is 6.63. The normalized spacial score (nSPS) is 10.9. The number of fused-ring (bicyclic) bond motifs is 1. The highest BCUT2D eigenvalue weighted by atomic mass is 35.5. The summed E-state index contributed by atoms with van der Waals surface area (Å²) in [7, 11) is 0. The number of nitrogens with zero attached hydrogens (tertiary/aromatic N) is 2. The minimum Gasteiger partial charge on any atom is -0.489 e. The van der Waals surface area contributed by atoms with Gasteiger partial charge in [-0.25, -0.2) is 0 Å². The topological polar surface area (TPSA) is 56.2 Å². The summed E-state index contributed by atoms with van der Waals surface area (Å²) >= 11 is 7.43. The second kappa shape index (κ2) is 9.48. The van der Waals surface area contributed by atoms with Gasteiger partial charge >= 0.3 is 0 Å². The molecule has 0 saturated heterocycles. The van der Waals surface area contributed by atoms with E-state index >= 15 is 0 Å². The molecular weight excluding hydrogens is 454 g/mol. The molecule has 0 aliphatic heterocycles. The molecule has 0 fully saturated rings. The highest BCUT2D eigenvalue weighted by Gasteiger charge is 2.11. The standard InChI is InChI=1S/C26H20ClN3O2S/c27-22-7-3-4-18(10-22)14-30-15-23(13-28-30)29-26(31)25-11-19(17-33-25)16-32-24-9-8-20-5-1-2-6-21(20)12-24/h1-13,15,17H,14,16H2,(H,29,31). The van der Waals surface area contributed by atoms with E-state index in [0.717, 1.165) is 22.3 Å². The average Bonchev–Trinajstić information content (AvgIpc) is 3.47. The maximum absolute atomic E-state index is 12.7. The van der Waals surface area contributed by atoms with Crippen LogP contribution in [0.25, 0.3) is 10.8 Å². The zero-order valence-electron chi connectivity index (χ0n) is 17.6. The quantitative estimate of drug-likeness (QED) is 0.288. The molecule has 7 heteroatoms. The molecular formula is C26H20ClN3O2S. The predicted molar refractivity (Wildman–Crippen MR) is 133 cm³/mol. The van der Waals surface area contributed by atoms with Crippen LogP contribution >= 0.6 is 22.9 Å². The molecule has 3 aromatic carbocycles. The van der Waals surface area contributed by atoms with E-state index in [1.165, 1.54) is 16.7 Å². The summed E-state index contributed by atoms with van der Waals surface area (Å²) < 4.78 is 7.69. The lowest BCUT2D eigenvalue weighted by Gasteiger charge is -2.06. The third-order valence-electron chi connectivity index (χ3n) is 5.13. The van der Waals surface area contributed by atoms with Crippen LogP contribution in [0.4, 0.5) is 5.69 Å². The van der Waals surface area contributed by atoms with Crippen LogP contribution in [-0.2, 0) is 13.2 Å². The van der Waals surface area contributed by atoms with Gasteiger partial charge < -0.3 is 10.1 Å². The van der Waals surface area contributed by atoms with Crippen LogP contribution < -0.4 is 10.1 Å². The minimum atomic E-state index is -0.167. The first kappa shape index (κ1) is 21.2. The van der Waals surface area contributed by atoms with E-state index < -0.39 is 0 Å². The molecule has 5 rings (SSSR count). The maximum Gasteiger partial charge on any atom is 0.265 e. The van der Waals surface area contributed by atoms with Crippen molar-refractivity contribution in [1.29, 1.82) is 0 Å². The minimum absolute atomic E-state index is 0.167. The van der Waals surface area contributed by atoms with Crippen molar-refractivity contribution in [3.63, 3.8) is 0 Å². The molecule has 2 aromatic heterocycles. The molecule has 5 nitrogen and oxygen atoms in total. The molecule has 0 spiro atoms. The van der Waals surface area contributed by atoms with E-state index in [9.17, 15) is 4.79 Å². The van der Waals surface area contributed by atoms with E-state index in [4.69, 9.17) is 16.3 Å². The summed E-state index contributed by atoms with van der Waals surface area (Å²) in [5.74, 6) is 0.636. The third-order valence-corrected chi connectivity index (χ3v) is 6.34. The maximum atomic E-state index is 12.7. The number of amides is 1. The summed E-state index contributed by atoms with van der Waals surface area (Å²) in [6, 6.07) is 23.7. The lowest BCUT2D eigenvalue weighted by molar-refractivity contribution is 0.103. The number of carbonyl (C=O) groups is 1. The molecule has 0 aliphatic carbocycles. The van der Waals surface area contributed by atoms with Crippen LogP contribution in [0, 0.1) is 0 Å². The molecule has 5 aromatic rings. The average molecular weight is 474 g/mol. The number of hydrogen-bond acceptors (Lipinski definition) is 4. The van der Waals surface area contributed by atoms with Crippen LogP contribution in [0.3, 0.4) is 0 Å². The second-order valence-electron chi connectivity index (χ2n) is 7.63. The number of benzene rings is 3. The fraction of sp³-hybridized carbons (Fsp3) is 0.0769. The molecule has 0 saturated carbocycles. The molecule has 0 radical (unpaired) electrons. The Balaban J connectivity index is 1.18. The van der Waals surface area contributed by atoms with Crippen molar-refractivity contribution in [2.45, 2.75) is 13.2 Å². The molecule has 1 N–H and O–H groups in total. The van der Waals surface area contributed by atoms with Crippen molar-refractivity contribution in [3.8, 4) is 5.75 Å². The Morgan fingerprint density at radius 1 is 1.00 bits per heavy atom. The number of rotatable bonds is 7. The summed E-state index contributed by atoms with van der Waals surface area (Å²) in [4.78, 5) is 13.3. The number of thiophene rings is 1. The monoisotopic (exact) mass is 473 g/mol. The van der Waals surface area contributed by atoms with Crippen molar-refractivity contribution in [2.75, 3.05) is 5.32 Å². The van der Waals surface area contributed by atoms with Gasteiger partial charge in [0.2, 0.25) is 0 Å². The number of aromatic nitrogens is 2. The van der Waals surface area contributed by atoms with Gasteiger partial charge in [0, 0.05) is 16.8 Å². The second-order valence-corrected chi connectivity index (χ2v) is 8.98. The molecule has 0 aliphatic rings. The molecule has 0 bridgehead atoms. The Hall–Kier alpha value is -3.61. The van der Waals surface area contributed by atoms with Crippen molar-refractivity contribution in [3.05, 3.63) is 112 Å². The lowest BCUT2D eigenvalue weighted by atomic mass is 10.1. The van der Waals surface area contributed by atoms with Gasteiger partial charge in [0.1, 0.15) is 12.4 Å². The summed E-state index contributed by atoms with van der Waals surface area (Å²) in [6.45, 7) is 0.978.